The molecule has 1 amide bonds. The maximum atomic E-state index is 12.9. The highest BCUT2D eigenvalue weighted by atomic mass is 16.5. The molecule has 0 aliphatic carbocycles. The predicted molar refractivity (Wildman–Crippen MR) is 98.8 cm³/mol. The number of ketones is 1. The number of ether oxygens (including phenoxy) is 1. The number of nitrogens with zero attached hydrogens (tertiary/aromatic N) is 1. The molecule has 0 saturated carbocycles. The number of benzene rings is 2. The van der Waals surface area contributed by atoms with Crippen LogP contribution in [0, 0.1) is 5.92 Å². The average Bonchev–Trinajstić information content (AvgIpc) is 2.70. The van der Waals surface area contributed by atoms with Crippen LogP contribution in [0.25, 0.3) is 10.8 Å². The van der Waals surface area contributed by atoms with Gasteiger partial charge in [-0.1, -0.05) is 36.4 Å². The Balaban J connectivity index is 1.67. The van der Waals surface area contributed by atoms with E-state index >= 15 is 0 Å². The molecule has 1 saturated heterocycles. The van der Waals surface area contributed by atoms with E-state index in [1.165, 1.54) is 7.11 Å². The van der Waals surface area contributed by atoms with Gasteiger partial charge in [-0.3, -0.25) is 14.4 Å². The molecule has 0 aromatic heterocycles. The molecule has 0 bridgehead atoms. The van der Waals surface area contributed by atoms with Crippen LogP contribution in [0.4, 0.5) is 0 Å². The van der Waals surface area contributed by atoms with Crippen molar-refractivity contribution >= 4 is 28.4 Å². The molecule has 0 radical (unpaired) electrons. The van der Waals surface area contributed by atoms with E-state index in [-0.39, 0.29) is 36.4 Å². The molecule has 2 aromatic carbocycles. The van der Waals surface area contributed by atoms with Gasteiger partial charge >= 0.3 is 5.97 Å². The molecule has 5 nitrogen and oxygen atoms in total. The second-order valence-electron chi connectivity index (χ2n) is 6.68. The number of methoxy groups -OCH3 is 1. The number of esters is 1. The topological polar surface area (TPSA) is 63.7 Å². The normalized spacial score (nSPS) is 17.1. The van der Waals surface area contributed by atoms with E-state index in [0.717, 1.165) is 23.6 Å². The SMILES string of the molecule is COC(=O)CCC(=O)N1CCC[C@@H](C(=O)c2ccc3ccccc3c2)C1. The van der Waals surface area contributed by atoms with Crippen LogP contribution in [0.1, 0.15) is 36.0 Å². The van der Waals surface area contributed by atoms with Crippen LogP contribution in [0.3, 0.4) is 0 Å². The Bertz CT molecular complexity index is 830. The van der Waals surface area contributed by atoms with Gasteiger partial charge in [-0.25, -0.2) is 0 Å². The summed E-state index contributed by atoms with van der Waals surface area (Å²) >= 11 is 0. The van der Waals surface area contributed by atoms with Crippen molar-refractivity contribution in [1.82, 2.24) is 4.90 Å². The molecule has 1 fully saturated rings. The summed E-state index contributed by atoms with van der Waals surface area (Å²) in [5.41, 5.74) is 0.692. The first-order valence-electron chi connectivity index (χ1n) is 8.96. The van der Waals surface area contributed by atoms with Crippen LogP contribution in [-0.4, -0.2) is 42.8 Å². The maximum absolute atomic E-state index is 12.9. The highest BCUT2D eigenvalue weighted by Crippen LogP contribution is 2.24. The first-order chi connectivity index (χ1) is 12.6. The first kappa shape index (κ1) is 18.1. The fourth-order valence-corrected chi connectivity index (χ4v) is 3.47. The third-order valence-electron chi connectivity index (χ3n) is 4.95. The van der Waals surface area contributed by atoms with Crippen molar-refractivity contribution in [1.29, 1.82) is 0 Å². The lowest BCUT2D eigenvalue weighted by molar-refractivity contribution is -0.144. The number of carbonyl (C=O) groups is 3. The minimum absolute atomic E-state index is 0.0785. The van der Waals surface area contributed by atoms with Crippen LogP contribution < -0.4 is 0 Å². The largest absolute Gasteiger partial charge is 0.469 e. The van der Waals surface area contributed by atoms with Crippen molar-refractivity contribution in [2.24, 2.45) is 5.92 Å². The number of Topliss-reactive ketones (excluding diaryl/α,β-unsaturated/α-hetero) is 1. The van der Waals surface area contributed by atoms with E-state index < -0.39 is 0 Å². The van der Waals surface area contributed by atoms with Gasteiger partial charge < -0.3 is 9.64 Å². The first-order valence-corrected chi connectivity index (χ1v) is 8.96. The van der Waals surface area contributed by atoms with Gasteiger partial charge in [0.1, 0.15) is 0 Å². The molecule has 5 heteroatoms. The average molecular weight is 353 g/mol. The summed E-state index contributed by atoms with van der Waals surface area (Å²) < 4.78 is 4.58. The summed E-state index contributed by atoms with van der Waals surface area (Å²) in [7, 11) is 1.31. The highest BCUT2D eigenvalue weighted by Gasteiger charge is 2.29. The van der Waals surface area contributed by atoms with Gasteiger partial charge in [0.2, 0.25) is 5.91 Å². The number of hydrogen-bond acceptors (Lipinski definition) is 4. The van der Waals surface area contributed by atoms with Crippen LogP contribution >= 0.6 is 0 Å². The molecule has 136 valence electrons. The van der Waals surface area contributed by atoms with Crippen LogP contribution in [0.5, 0.6) is 0 Å². The molecular formula is C21H23NO4. The molecule has 0 unspecified atom stereocenters. The lowest BCUT2D eigenvalue weighted by Gasteiger charge is -2.32. The van der Waals surface area contributed by atoms with Crippen molar-refractivity contribution in [3.8, 4) is 0 Å². The minimum atomic E-state index is -0.390. The molecule has 1 aliphatic heterocycles. The molecule has 1 aliphatic rings. The van der Waals surface area contributed by atoms with Gasteiger partial charge in [0.15, 0.2) is 5.78 Å². The number of carbonyl (C=O) groups excluding carboxylic acids is 3. The Kier molecular flexibility index (Phi) is 5.66. The number of piperidine rings is 1. The number of fused-ring (bicyclic) bond motifs is 1. The van der Waals surface area contributed by atoms with Crippen molar-refractivity contribution in [2.75, 3.05) is 20.2 Å². The van der Waals surface area contributed by atoms with E-state index in [9.17, 15) is 14.4 Å². The monoisotopic (exact) mass is 353 g/mol. The number of likely N-dealkylation sites (tertiary alicyclic amines) is 1. The van der Waals surface area contributed by atoms with Gasteiger partial charge in [0, 0.05) is 31.0 Å². The van der Waals surface area contributed by atoms with E-state index in [1.54, 1.807) is 4.90 Å². The molecule has 1 atom stereocenters. The summed E-state index contributed by atoms with van der Waals surface area (Å²) in [5.74, 6) is -0.584. The maximum Gasteiger partial charge on any atom is 0.306 e. The molecule has 2 aromatic rings. The third kappa shape index (κ3) is 4.10. The Morgan fingerprint density at radius 2 is 1.85 bits per heavy atom. The molecule has 3 rings (SSSR count). The van der Waals surface area contributed by atoms with Crippen molar-refractivity contribution < 1.29 is 19.1 Å². The van der Waals surface area contributed by atoms with Gasteiger partial charge in [-0.05, 0) is 29.7 Å². The van der Waals surface area contributed by atoms with Gasteiger partial charge in [-0.2, -0.15) is 0 Å². The lowest BCUT2D eigenvalue weighted by atomic mass is 9.89. The quantitative estimate of drug-likeness (QED) is 0.612. The third-order valence-corrected chi connectivity index (χ3v) is 4.95. The zero-order chi connectivity index (χ0) is 18.5. The summed E-state index contributed by atoms with van der Waals surface area (Å²) in [5, 5.41) is 2.15. The summed E-state index contributed by atoms with van der Waals surface area (Å²) in [4.78, 5) is 38.1. The number of amides is 1. The van der Waals surface area contributed by atoms with Crippen molar-refractivity contribution in [3.63, 3.8) is 0 Å². The number of hydrogen-bond donors (Lipinski definition) is 0. The molecular weight excluding hydrogens is 330 g/mol. The Labute approximate surface area is 152 Å². The Hall–Kier alpha value is -2.69. The zero-order valence-corrected chi connectivity index (χ0v) is 14.9. The standard InChI is InChI=1S/C21H23NO4/c1-26-20(24)11-10-19(23)22-12-4-7-18(14-22)21(25)17-9-8-15-5-2-3-6-16(15)13-17/h2-3,5-6,8-9,13,18H,4,7,10-12,14H2,1H3/t18-/m1/s1. The minimum Gasteiger partial charge on any atom is -0.469 e. The van der Waals surface area contributed by atoms with Crippen molar-refractivity contribution in [3.05, 3.63) is 48.0 Å². The smallest absolute Gasteiger partial charge is 0.306 e. The van der Waals surface area contributed by atoms with Gasteiger partial charge in [0.25, 0.3) is 0 Å². The Morgan fingerprint density at radius 3 is 2.62 bits per heavy atom. The fourth-order valence-electron chi connectivity index (χ4n) is 3.47. The highest BCUT2D eigenvalue weighted by molar-refractivity contribution is 6.01. The van der Waals surface area contributed by atoms with Crippen LogP contribution in [0.2, 0.25) is 0 Å². The molecule has 0 N–H and O–H groups in total. The summed E-state index contributed by atoms with van der Waals surface area (Å²) in [6, 6.07) is 13.7. The lowest BCUT2D eigenvalue weighted by Crippen LogP contribution is -2.42. The van der Waals surface area contributed by atoms with Gasteiger partial charge in [0.05, 0.1) is 13.5 Å². The fraction of sp³-hybridized carbons (Fsp3) is 0.381. The van der Waals surface area contributed by atoms with E-state index in [4.69, 9.17) is 0 Å². The van der Waals surface area contributed by atoms with Gasteiger partial charge in [-0.15, -0.1) is 0 Å². The van der Waals surface area contributed by atoms with Crippen LogP contribution in [0.15, 0.2) is 42.5 Å². The zero-order valence-electron chi connectivity index (χ0n) is 14.9. The summed E-state index contributed by atoms with van der Waals surface area (Å²) in [6.45, 7) is 1.06. The predicted octanol–water partition coefficient (Wildman–Crippen LogP) is 3.21. The van der Waals surface area contributed by atoms with E-state index in [1.807, 2.05) is 42.5 Å². The van der Waals surface area contributed by atoms with E-state index in [2.05, 4.69) is 4.74 Å². The second-order valence-corrected chi connectivity index (χ2v) is 6.68. The molecule has 26 heavy (non-hydrogen) atoms. The molecule has 1 heterocycles. The molecule has 0 spiro atoms. The second kappa shape index (κ2) is 8.13. The number of rotatable bonds is 5. The summed E-state index contributed by atoms with van der Waals surface area (Å²) in [6.07, 6.45) is 1.79. The van der Waals surface area contributed by atoms with Crippen molar-refractivity contribution in [2.45, 2.75) is 25.7 Å². The van der Waals surface area contributed by atoms with Crippen LogP contribution in [-0.2, 0) is 14.3 Å². The van der Waals surface area contributed by atoms with E-state index in [0.29, 0.717) is 18.7 Å². The Morgan fingerprint density at radius 1 is 1.08 bits per heavy atom.